The lowest BCUT2D eigenvalue weighted by molar-refractivity contribution is -0.0166. The van der Waals surface area contributed by atoms with Crippen LogP contribution >= 0.6 is 0 Å². The van der Waals surface area contributed by atoms with E-state index in [1.54, 1.807) is 30.3 Å². The summed E-state index contributed by atoms with van der Waals surface area (Å²) in [5.41, 5.74) is 3.40. The van der Waals surface area contributed by atoms with Gasteiger partial charge in [0.1, 0.15) is 11.5 Å². The van der Waals surface area contributed by atoms with E-state index in [1.165, 1.54) is 0 Å². The average Bonchev–Trinajstić information content (AvgIpc) is 2.76. The van der Waals surface area contributed by atoms with Gasteiger partial charge in [-0.15, -0.1) is 0 Å². The maximum atomic E-state index is 14.7. The van der Waals surface area contributed by atoms with Crippen LogP contribution in [0.1, 0.15) is 58.7 Å². The monoisotopic (exact) mass is 390 g/mol. The minimum absolute atomic E-state index is 0.322. The van der Waals surface area contributed by atoms with Gasteiger partial charge in [-0.25, -0.2) is 4.79 Å². The number of carbonyl (C=O) groups is 1. The van der Waals surface area contributed by atoms with Crippen molar-refractivity contribution in [2.75, 3.05) is 0 Å². The third kappa shape index (κ3) is 4.02. The van der Waals surface area contributed by atoms with Crippen molar-refractivity contribution in [3.05, 3.63) is 94.5 Å². The van der Waals surface area contributed by atoms with Gasteiger partial charge in [-0.2, -0.15) is 4.39 Å². The summed E-state index contributed by atoms with van der Waals surface area (Å²) in [5, 5.41) is 0. The van der Waals surface area contributed by atoms with Crippen molar-refractivity contribution in [3.63, 3.8) is 0 Å². The van der Waals surface area contributed by atoms with E-state index in [1.807, 2.05) is 36.4 Å². The normalized spacial score (nSPS) is 13.0. The Morgan fingerprint density at radius 2 is 1.79 bits per heavy atom. The Bertz CT molecular complexity index is 1010. The molecule has 4 rings (SSSR count). The number of rotatable bonds is 6. The molecule has 1 atom stereocenters. The van der Waals surface area contributed by atoms with Gasteiger partial charge in [-0.1, -0.05) is 67.9 Å². The highest BCUT2D eigenvalue weighted by atomic mass is 19.1. The van der Waals surface area contributed by atoms with Crippen molar-refractivity contribution in [1.82, 2.24) is 0 Å². The number of esters is 1. The van der Waals surface area contributed by atoms with Gasteiger partial charge in [0.2, 0.25) is 0 Å². The highest BCUT2D eigenvalue weighted by Gasteiger charge is 2.28. The number of hydrogen-bond donors (Lipinski definition) is 0. The van der Waals surface area contributed by atoms with Crippen molar-refractivity contribution >= 4 is 5.97 Å². The summed E-state index contributed by atoms with van der Waals surface area (Å²) in [6.45, 7) is 2.10. The number of alkyl halides is 1. The summed E-state index contributed by atoms with van der Waals surface area (Å²) in [4.78, 5) is 13.1. The number of carbonyl (C=O) groups excluding carboxylic acids is 1. The number of hydrogen-bond acceptors (Lipinski definition) is 3. The lowest BCUT2D eigenvalue weighted by Crippen LogP contribution is -2.16. The predicted octanol–water partition coefficient (Wildman–Crippen LogP) is 6.55. The molecule has 3 nitrogen and oxygen atoms in total. The molecule has 3 aromatic carbocycles. The quantitative estimate of drug-likeness (QED) is 0.350. The van der Waals surface area contributed by atoms with E-state index in [0.717, 1.165) is 41.7 Å². The molecule has 0 fully saturated rings. The first-order chi connectivity index (χ1) is 14.2. The molecule has 29 heavy (non-hydrogen) atoms. The van der Waals surface area contributed by atoms with E-state index in [-0.39, 0.29) is 0 Å². The van der Waals surface area contributed by atoms with E-state index >= 15 is 0 Å². The summed E-state index contributed by atoms with van der Waals surface area (Å²) in [6, 6.07) is 20.0. The van der Waals surface area contributed by atoms with Gasteiger partial charge in [0, 0.05) is 17.5 Å². The topological polar surface area (TPSA) is 35.5 Å². The largest absolute Gasteiger partial charge is 0.457 e. The fourth-order valence-electron chi connectivity index (χ4n) is 3.66. The molecule has 0 aliphatic carbocycles. The van der Waals surface area contributed by atoms with Gasteiger partial charge in [0.25, 0.3) is 6.36 Å². The molecule has 0 N–H and O–H groups in total. The molecule has 1 aliphatic rings. The Morgan fingerprint density at radius 3 is 2.59 bits per heavy atom. The van der Waals surface area contributed by atoms with Crippen molar-refractivity contribution < 1.29 is 18.7 Å². The first kappa shape index (κ1) is 19.2. The maximum absolute atomic E-state index is 14.7. The lowest BCUT2D eigenvalue weighted by atomic mass is 9.90. The lowest BCUT2D eigenvalue weighted by Gasteiger charge is -2.24. The number of benzene rings is 3. The summed E-state index contributed by atoms with van der Waals surface area (Å²) in [5.74, 6) is 0.770. The van der Waals surface area contributed by atoms with E-state index < -0.39 is 12.3 Å². The number of ether oxygens (including phenoxy) is 2. The van der Waals surface area contributed by atoms with Crippen LogP contribution < -0.4 is 4.74 Å². The zero-order valence-electron chi connectivity index (χ0n) is 16.4. The fourth-order valence-corrected chi connectivity index (χ4v) is 3.66. The molecule has 0 bridgehead atoms. The molecule has 0 spiro atoms. The van der Waals surface area contributed by atoms with E-state index in [0.29, 0.717) is 23.3 Å². The third-order valence-corrected chi connectivity index (χ3v) is 5.19. The predicted molar refractivity (Wildman–Crippen MR) is 110 cm³/mol. The number of unbranched alkanes of at least 4 members (excludes halogenated alkanes) is 1. The van der Waals surface area contributed by atoms with Crippen LogP contribution in [0.2, 0.25) is 0 Å². The molecule has 0 saturated heterocycles. The molecule has 1 aliphatic heterocycles. The molecule has 0 amide bonds. The van der Waals surface area contributed by atoms with Crippen LogP contribution in [0.3, 0.4) is 0 Å². The Morgan fingerprint density at radius 1 is 1.03 bits per heavy atom. The molecule has 0 radical (unpaired) electrons. The molecule has 4 heteroatoms. The fraction of sp³-hybridized carbons (Fsp3) is 0.240. The minimum atomic E-state index is -1.81. The minimum Gasteiger partial charge on any atom is -0.457 e. The molecule has 148 valence electrons. The molecular weight excluding hydrogens is 367 g/mol. The van der Waals surface area contributed by atoms with Gasteiger partial charge < -0.3 is 9.47 Å². The third-order valence-electron chi connectivity index (χ3n) is 5.19. The second kappa shape index (κ2) is 8.48. The number of fused-ring (bicyclic) bond motifs is 2. The summed E-state index contributed by atoms with van der Waals surface area (Å²) < 4.78 is 25.9. The zero-order valence-corrected chi connectivity index (χ0v) is 16.4. The average molecular weight is 390 g/mol. The van der Waals surface area contributed by atoms with Crippen LogP contribution in [-0.2, 0) is 17.6 Å². The highest BCUT2D eigenvalue weighted by Crippen LogP contribution is 2.40. The molecular formula is C25H23FO3. The van der Waals surface area contributed by atoms with E-state index in [4.69, 9.17) is 9.47 Å². The highest BCUT2D eigenvalue weighted by molar-refractivity contribution is 5.94. The van der Waals surface area contributed by atoms with Crippen LogP contribution in [0.15, 0.2) is 66.7 Å². The Balaban J connectivity index is 1.69. The van der Waals surface area contributed by atoms with E-state index in [9.17, 15) is 9.18 Å². The van der Waals surface area contributed by atoms with Crippen LogP contribution in [0.4, 0.5) is 4.39 Å². The van der Waals surface area contributed by atoms with E-state index in [2.05, 4.69) is 6.92 Å². The first-order valence-corrected chi connectivity index (χ1v) is 9.98. The molecule has 1 heterocycles. The van der Waals surface area contributed by atoms with Gasteiger partial charge in [0.15, 0.2) is 0 Å². The molecule has 0 aromatic heterocycles. The van der Waals surface area contributed by atoms with Crippen molar-refractivity contribution in [2.24, 2.45) is 0 Å². The Labute approximate surface area is 170 Å². The zero-order chi connectivity index (χ0) is 20.2. The second-order valence-electron chi connectivity index (χ2n) is 7.20. The molecule has 3 aromatic rings. The summed E-state index contributed by atoms with van der Waals surface area (Å²) >= 11 is 0. The Hall–Kier alpha value is -3.14. The summed E-state index contributed by atoms with van der Waals surface area (Å²) in [6.07, 6.45) is 1.42. The van der Waals surface area contributed by atoms with Crippen LogP contribution in [-0.4, -0.2) is 5.97 Å². The van der Waals surface area contributed by atoms with Crippen LogP contribution in [0.25, 0.3) is 0 Å². The number of para-hydroxylation sites is 1. The van der Waals surface area contributed by atoms with Crippen LogP contribution in [0.5, 0.6) is 11.5 Å². The first-order valence-electron chi connectivity index (χ1n) is 9.98. The molecule has 1 unspecified atom stereocenters. The number of halogens is 1. The second-order valence-corrected chi connectivity index (χ2v) is 7.20. The molecule has 0 saturated carbocycles. The Kier molecular flexibility index (Phi) is 5.61. The smallest absolute Gasteiger partial charge is 0.341 e. The van der Waals surface area contributed by atoms with Gasteiger partial charge in [0.05, 0.1) is 5.56 Å². The SMILES string of the molecule is CCCCc1ccc2c(c1C(=O)OC(F)c1ccccc1)Cc1ccccc1O2. The number of aryl methyl sites for hydroxylation is 1. The van der Waals surface area contributed by atoms with Crippen molar-refractivity contribution in [3.8, 4) is 11.5 Å². The van der Waals surface area contributed by atoms with Crippen LogP contribution in [0, 0.1) is 0 Å². The summed E-state index contributed by atoms with van der Waals surface area (Å²) in [7, 11) is 0. The van der Waals surface area contributed by atoms with Gasteiger partial charge in [-0.05, 0) is 36.1 Å². The van der Waals surface area contributed by atoms with Crippen molar-refractivity contribution in [1.29, 1.82) is 0 Å². The van der Waals surface area contributed by atoms with Gasteiger partial charge in [-0.3, -0.25) is 0 Å². The standard InChI is InChI=1S/C25H23FO3/c1-2-3-9-17-14-15-22-20(16-19-12-7-8-13-21(19)28-22)23(17)25(27)29-24(26)18-10-5-4-6-11-18/h4-8,10-15,24H,2-3,9,16H2,1H3. The van der Waals surface area contributed by atoms with Crippen molar-refractivity contribution in [2.45, 2.75) is 39.0 Å². The van der Waals surface area contributed by atoms with Gasteiger partial charge >= 0.3 is 5.97 Å². The maximum Gasteiger partial charge on any atom is 0.341 e.